The molecule has 1 saturated carbocycles. The first-order chi connectivity index (χ1) is 9.58. The Kier molecular flexibility index (Phi) is 4.81. The predicted octanol–water partition coefficient (Wildman–Crippen LogP) is 2.50. The Labute approximate surface area is 121 Å². The fourth-order valence-electron chi connectivity index (χ4n) is 2.77. The summed E-state index contributed by atoms with van der Waals surface area (Å²) in [5, 5.41) is 16.9. The van der Waals surface area contributed by atoms with Crippen molar-refractivity contribution >= 4 is 11.6 Å². The van der Waals surface area contributed by atoms with Gasteiger partial charge in [0.15, 0.2) is 0 Å². The van der Waals surface area contributed by atoms with Gasteiger partial charge in [0, 0.05) is 25.6 Å². The molecular weight excluding hydrogens is 252 g/mol. The van der Waals surface area contributed by atoms with E-state index in [1.165, 1.54) is 0 Å². The van der Waals surface area contributed by atoms with Crippen LogP contribution in [0.25, 0.3) is 0 Å². The van der Waals surface area contributed by atoms with Crippen molar-refractivity contribution in [3.05, 3.63) is 11.4 Å². The number of rotatable bonds is 6. The van der Waals surface area contributed by atoms with E-state index in [9.17, 15) is 5.11 Å². The third-order valence-electron chi connectivity index (χ3n) is 4.02. The summed E-state index contributed by atoms with van der Waals surface area (Å²) in [4.78, 5) is 9.10. The first-order valence-electron chi connectivity index (χ1n) is 7.59. The Morgan fingerprint density at radius 1 is 1.20 bits per heavy atom. The van der Waals surface area contributed by atoms with Crippen molar-refractivity contribution in [3.63, 3.8) is 0 Å². The number of hydrogen-bond donors (Lipinski definition) is 3. The summed E-state index contributed by atoms with van der Waals surface area (Å²) in [5.41, 5.74) is 0.441. The first kappa shape index (κ1) is 15.0. The van der Waals surface area contributed by atoms with Crippen LogP contribution in [0.2, 0.25) is 0 Å². The highest BCUT2D eigenvalue weighted by atomic mass is 16.3. The highest BCUT2D eigenvalue weighted by Crippen LogP contribution is 2.30. The Balaban J connectivity index is 2.14. The van der Waals surface area contributed by atoms with Crippen LogP contribution in [0.5, 0.6) is 0 Å². The van der Waals surface area contributed by atoms with E-state index in [1.807, 2.05) is 14.0 Å². The molecule has 3 N–H and O–H groups in total. The smallest absolute Gasteiger partial charge is 0.134 e. The Hall–Kier alpha value is -1.36. The van der Waals surface area contributed by atoms with Gasteiger partial charge in [0.05, 0.1) is 5.60 Å². The quantitative estimate of drug-likeness (QED) is 0.746. The van der Waals surface area contributed by atoms with Crippen LogP contribution in [0.3, 0.4) is 0 Å². The second-order valence-corrected chi connectivity index (χ2v) is 5.75. The van der Waals surface area contributed by atoms with E-state index in [0.29, 0.717) is 6.54 Å². The molecule has 0 saturated heterocycles. The minimum atomic E-state index is -0.567. The van der Waals surface area contributed by atoms with E-state index < -0.39 is 5.60 Å². The van der Waals surface area contributed by atoms with E-state index in [4.69, 9.17) is 0 Å². The van der Waals surface area contributed by atoms with E-state index in [0.717, 1.165) is 61.5 Å². The molecule has 0 unspecified atom stereocenters. The van der Waals surface area contributed by atoms with Gasteiger partial charge in [0.2, 0.25) is 0 Å². The average molecular weight is 278 g/mol. The fraction of sp³-hybridized carbons (Fsp3) is 0.733. The van der Waals surface area contributed by atoms with Crippen molar-refractivity contribution in [1.82, 2.24) is 9.97 Å². The van der Waals surface area contributed by atoms with Crippen molar-refractivity contribution in [1.29, 1.82) is 0 Å². The second-order valence-electron chi connectivity index (χ2n) is 5.75. The summed E-state index contributed by atoms with van der Waals surface area (Å²) in [6.45, 7) is 4.69. The molecular formula is C15H26N4O. The van der Waals surface area contributed by atoms with E-state index in [1.54, 1.807) is 0 Å². The minimum absolute atomic E-state index is 0.567. The number of anilines is 2. The Morgan fingerprint density at radius 3 is 2.45 bits per heavy atom. The van der Waals surface area contributed by atoms with Gasteiger partial charge in [-0.05, 0) is 26.2 Å². The van der Waals surface area contributed by atoms with Crippen molar-refractivity contribution in [3.8, 4) is 0 Å². The third-order valence-corrected chi connectivity index (χ3v) is 4.02. The lowest BCUT2D eigenvalue weighted by atomic mass is 10.0. The normalized spacial score (nSPS) is 17.2. The topological polar surface area (TPSA) is 70.1 Å². The van der Waals surface area contributed by atoms with Crippen LogP contribution >= 0.6 is 0 Å². The number of nitrogens with one attached hydrogen (secondary N) is 2. The Bertz CT molecular complexity index is 455. The Morgan fingerprint density at radius 2 is 1.85 bits per heavy atom. The molecule has 1 heterocycles. The predicted molar refractivity (Wildman–Crippen MR) is 82.2 cm³/mol. The highest BCUT2D eigenvalue weighted by Gasteiger charge is 2.31. The molecule has 1 aliphatic rings. The molecule has 5 nitrogen and oxygen atoms in total. The summed E-state index contributed by atoms with van der Waals surface area (Å²) in [5.74, 6) is 2.56. The molecule has 1 aromatic heterocycles. The van der Waals surface area contributed by atoms with Gasteiger partial charge in [0.1, 0.15) is 17.5 Å². The number of nitrogens with zero attached hydrogens (tertiary/aromatic N) is 2. The molecule has 1 aliphatic carbocycles. The number of aliphatic hydroxyl groups is 1. The maximum atomic E-state index is 10.4. The van der Waals surface area contributed by atoms with Crippen LogP contribution in [-0.4, -0.2) is 34.3 Å². The first-order valence-corrected chi connectivity index (χ1v) is 7.59. The number of aryl methyl sites for hydroxylation is 1. The lowest BCUT2D eigenvalue weighted by Crippen LogP contribution is -2.34. The average Bonchev–Trinajstić information content (AvgIpc) is 2.86. The standard InChI is InChI=1S/C15H26N4O/c1-4-7-12-18-13(16-3)11(2)14(19-12)17-10-15(20)8-5-6-9-15/h20H,4-10H2,1-3H3,(H2,16,17,18,19). The van der Waals surface area contributed by atoms with E-state index in [-0.39, 0.29) is 0 Å². The van der Waals surface area contributed by atoms with Crippen LogP contribution in [-0.2, 0) is 6.42 Å². The molecule has 0 atom stereocenters. The van der Waals surface area contributed by atoms with Crippen molar-refractivity contribution in [2.45, 2.75) is 58.0 Å². The summed E-state index contributed by atoms with van der Waals surface area (Å²) in [7, 11) is 1.87. The number of hydrogen-bond acceptors (Lipinski definition) is 5. The van der Waals surface area contributed by atoms with Crippen LogP contribution in [0.4, 0.5) is 11.6 Å². The van der Waals surface area contributed by atoms with Crippen molar-refractivity contribution < 1.29 is 5.11 Å². The zero-order chi connectivity index (χ0) is 14.6. The summed E-state index contributed by atoms with van der Waals surface area (Å²) >= 11 is 0. The zero-order valence-corrected chi connectivity index (χ0v) is 12.8. The molecule has 0 amide bonds. The number of aromatic nitrogens is 2. The summed E-state index contributed by atoms with van der Waals surface area (Å²) in [6.07, 6.45) is 5.88. The largest absolute Gasteiger partial charge is 0.388 e. The van der Waals surface area contributed by atoms with Gasteiger partial charge in [-0.3, -0.25) is 0 Å². The zero-order valence-electron chi connectivity index (χ0n) is 12.8. The van der Waals surface area contributed by atoms with Gasteiger partial charge in [-0.25, -0.2) is 9.97 Å². The molecule has 0 aromatic carbocycles. The second kappa shape index (κ2) is 6.39. The molecule has 1 fully saturated rings. The van der Waals surface area contributed by atoms with Crippen molar-refractivity contribution in [2.24, 2.45) is 0 Å². The van der Waals surface area contributed by atoms with E-state index >= 15 is 0 Å². The molecule has 0 radical (unpaired) electrons. The summed E-state index contributed by atoms with van der Waals surface area (Å²) < 4.78 is 0. The van der Waals surface area contributed by atoms with Gasteiger partial charge in [-0.1, -0.05) is 19.8 Å². The minimum Gasteiger partial charge on any atom is -0.388 e. The summed E-state index contributed by atoms with van der Waals surface area (Å²) in [6, 6.07) is 0. The molecule has 0 aliphatic heterocycles. The highest BCUT2D eigenvalue weighted by molar-refractivity contribution is 5.57. The van der Waals surface area contributed by atoms with Crippen LogP contribution < -0.4 is 10.6 Å². The lowest BCUT2D eigenvalue weighted by molar-refractivity contribution is 0.0614. The van der Waals surface area contributed by atoms with Gasteiger partial charge in [-0.2, -0.15) is 0 Å². The van der Waals surface area contributed by atoms with E-state index in [2.05, 4.69) is 27.5 Å². The fourth-order valence-corrected chi connectivity index (χ4v) is 2.77. The molecule has 20 heavy (non-hydrogen) atoms. The molecule has 0 bridgehead atoms. The molecule has 0 spiro atoms. The molecule has 2 rings (SSSR count). The maximum absolute atomic E-state index is 10.4. The SMILES string of the molecule is CCCc1nc(NC)c(C)c(NCC2(O)CCCC2)n1. The third kappa shape index (κ3) is 3.39. The molecule has 5 heteroatoms. The van der Waals surface area contributed by atoms with Gasteiger partial charge >= 0.3 is 0 Å². The van der Waals surface area contributed by atoms with Gasteiger partial charge in [-0.15, -0.1) is 0 Å². The van der Waals surface area contributed by atoms with Gasteiger partial charge < -0.3 is 15.7 Å². The van der Waals surface area contributed by atoms with Gasteiger partial charge in [0.25, 0.3) is 0 Å². The van der Waals surface area contributed by atoms with Crippen LogP contribution in [0.15, 0.2) is 0 Å². The maximum Gasteiger partial charge on any atom is 0.134 e. The van der Waals surface area contributed by atoms with Crippen LogP contribution in [0.1, 0.15) is 50.4 Å². The molecule has 1 aromatic rings. The van der Waals surface area contributed by atoms with Crippen molar-refractivity contribution in [2.75, 3.05) is 24.2 Å². The molecule has 112 valence electrons. The van der Waals surface area contributed by atoms with Crippen LogP contribution in [0, 0.1) is 6.92 Å². The monoisotopic (exact) mass is 278 g/mol. The lowest BCUT2D eigenvalue weighted by Gasteiger charge is -2.23.